The number of hydrogen-bond donors (Lipinski definition) is 1. The maximum absolute atomic E-state index is 11.1. The van der Waals surface area contributed by atoms with Crippen LogP contribution in [0.2, 0.25) is 0 Å². The van der Waals surface area contributed by atoms with Crippen LogP contribution >= 0.6 is 0 Å². The van der Waals surface area contributed by atoms with E-state index in [9.17, 15) is 8.42 Å². The van der Waals surface area contributed by atoms with E-state index in [1.54, 1.807) is 0 Å². The summed E-state index contributed by atoms with van der Waals surface area (Å²) in [6.07, 6.45) is 4.35. The van der Waals surface area contributed by atoms with E-state index < -0.39 is 9.84 Å². The van der Waals surface area contributed by atoms with Crippen LogP contribution in [0.1, 0.15) is 25.7 Å². The van der Waals surface area contributed by atoms with Gasteiger partial charge in [-0.15, -0.1) is 0 Å². The lowest BCUT2D eigenvalue weighted by molar-refractivity contribution is 0.431. The molecule has 2 fully saturated rings. The first-order valence-corrected chi connectivity index (χ1v) is 6.92. The normalized spacial score (nSPS) is 28.9. The van der Waals surface area contributed by atoms with Gasteiger partial charge in [-0.25, -0.2) is 8.42 Å². The van der Waals surface area contributed by atoms with Crippen molar-refractivity contribution in [3.05, 3.63) is 0 Å². The van der Waals surface area contributed by atoms with E-state index in [1.165, 1.54) is 12.8 Å². The molecule has 1 heterocycles. The molecule has 0 bridgehead atoms. The molecule has 1 aliphatic carbocycles. The fourth-order valence-electron chi connectivity index (χ4n) is 1.76. The van der Waals surface area contributed by atoms with E-state index >= 15 is 0 Å². The zero-order chi connectivity index (χ0) is 9.31. The minimum Gasteiger partial charge on any atom is -0.314 e. The second kappa shape index (κ2) is 3.58. The van der Waals surface area contributed by atoms with Crippen molar-refractivity contribution >= 4 is 9.84 Å². The Morgan fingerprint density at radius 2 is 1.69 bits per heavy atom. The zero-order valence-corrected chi connectivity index (χ0v) is 8.65. The molecule has 0 unspecified atom stereocenters. The lowest BCUT2D eigenvalue weighted by Crippen LogP contribution is -2.31. The number of sulfone groups is 1. The predicted molar refractivity (Wildman–Crippen MR) is 52.4 cm³/mol. The third-order valence-corrected chi connectivity index (χ3v) is 4.66. The minimum atomic E-state index is -2.67. The highest BCUT2D eigenvalue weighted by atomic mass is 32.2. The van der Waals surface area contributed by atoms with Gasteiger partial charge in [0.05, 0.1) is 11.5 Å². The van der Waals surface area contributed by atoms with Gasteiger partial charge in [-0.2, -0.15) is 0 Å². The van der Waals surface area contributed by atoms with Crippen molar-refractivity contribution in [3.8, 4) is 0 Å². The van der Waals surface area contributed by atoms with Gasteiger partial charge in [0.2, 0.25) is 0 Å². The third-order valence-electron chi connectivity index (χ3n) is 2.95. The Morgan fingerprint density at radius 3 is 2.23 bits per heavy atom. The van der Waals surface area contributed by atoms with Crippen molar-refractivity contribution in [3.63, 3.8) is 0 Å². The van der Waals surface area contributed by atoms with Crippen LogP contribution in [0.3, 0.4) is 0 Å². The summed E-state index contributed by atoms with van der Waals surface area (Å²) in [7, 11) is -2.67. The van der Waals surface area contributed by atoms with E-state index in [0.717, 1.165) is 25.4 Å². The lowest BCUT2D eigenvalue weighted by Gasteiger charge is -2.21. The molecule has 4 heteroatoms. The molecule has 3 nitrogen and oxygen atoms in total. The Balaban J connectivity index is 1.71. The van der Waals surface area contributed by atoms with Crippen molar-refractivity contribution in [2.24, 2.45) is 5.92 Å². The van der Waals surface area contributed by atoms with Gasteiger partial charge in [0.15, 0.2) is 0 Å². The second-order valence-electron chi connectivity index (χ2n) is 4.28. The van der Waals surface area contributed by atoms with E-state index in [-0.39, 0.29) is 0 Å². The van der Waals surface area contributed by atoms with Crippen LogP contribution in [0.5, 0.6) is 0 Å². The summed E-state index contributed by atoms with van der Waals surface area (Å²) in [6.45, 7) is 1.03. The Kier molecular flexibility index (Phi) is 2.60. The van der Waals surface area contributed by atoms with Crippen LogP contribution in [-0.4, -0.2) is 32.5 Å². The standard InChI is InChI=1S/C9H17NO2S/c11-13(12)5-3-8(4-6-13)7-10-9-1-2-9/h8-10H,1-7H2. The molecule has 0 aromatic heterocycles. The van der Waals surface area contributed by atoms with Gasteiger partial charge >= 0.3 is 0 Å². The smallest absolute Gasteiger partial charge is 0.150 e. The van der Waals surface area contributed by atoms with Gasteiger partial charge in [-0.05, 0) is 38.1 Å². The molecule has 76 valence electrons. The maximum atomic E-state index is 11.1. The summed E-state index contributed by atoms with van der Waals surface area (Å²) in [5, 5.41) is 3.46. The largest absolute Gasteiger partial charge is 0.314 e. The van der Waals surface area contributed by atoms with Crippen LogP contribution in [0.4, 0.5) is 0 Å². The summed E-state index contributed by atoms with van der Waals surface area (Å²) < 4.78 is 22.3. The summed E-state index contributed by atoms with van der Waals surface area (Å²) in [5.41, 5.74) is 0. The first-order valence-electron chi connectivity index (χ1n) is 5.09. The highest BCUT2D eigenvalue weighted by molar-refractivity contribution is 7.91. The van der Waals surface area contributed by atoms with Crippen LogP contribution in [0.25, 0.3) is 0 Å². The Morgan fingerprint density at radius 1 is 1.08 bits per heavy atom. The Labute approximate surface area is 79.8 Å². The van der Waals surface area contributed by atoms with Gasteiger partial charge in [0, 0.05) is 6.04 Å². The van der Waals surface area contributed by atoms with Crippen molar-refractivity contribution < 1.29 is 8.42 Å². The maximum Gasteiger partial charge on any atom is 0.150 e. The molecular weight excluding hydrogens is 186 g/mol. The molecule has 0 atom stereocenters. The van der Waals surface area contributed by atoms with Crippen LogP contribution in [0, 0.1) is 5.92 Å². The molecule has 1 saturated heterocycles. The van der Waals surface area contributed by atoms with Gasteiger partial charge in [0.1, 0.15) is 9.84 Å². The van der Waals surface area contributed by atoms with Crippen LogP contribution in [-0.2, 0) is 9.84 Å². The summed E-state index contributed by atoms with van der Waals surface area (Å²) in [6, 6.07) is 0.749. The Bertz CT molecular complexity index is 255. The predicted octanol–water partition coefficient (Wildman–Crippen LogP) is 0.563. The van der Waals surface area contributed by atoms with Crippen molar-refractivity contribution in [1.29, 1.82) is 0 Å². The highest BCUT2D eigenvalue weighted by Crippen LogP contribution is 2.22. The minimum absolute atomic E-state index is 0.407. The molecular formula is C9H17NO2S. The molecule has 1 aliphatic heterocycles. The third kappa shape index (κ3) is 2.95. The molecule has 2 rings (SSSR count). The Hall–Kier alpha value is -0.0900. The zero-order valence-electron chi connectivity index (χ0n) is 7.83. The fourth-order valence-corrected chi connectivity index (χ4v) is 3.35. The van der Waals surface area contributed by atoms with Gasteiger partial charge in [0.25, 0.3) is 0 Å². The number of hydrogen-bond acceptors (Lipinski definition) is 3. The molecule has 0 aromatic carbocycles. The van der Waals surface area contributed by atoms with Crippen molar-refractivity contribution in [1.82, 2.24) is 5.32 Å². The first-order chi connectivity index (χ1) is 6.16. The van der Waals surface area contributed by atoms with Crippen molar-refractivity contribution in [2.45, 2.75) is 31.7 Å². The monoisotopic (exact) mass is 203 g/mol. The van der Waals surface area contributed by atoms with E-state index in [1.807, 2.05) is 0 Å². The highest BCUT2D eigenvalue weighted by Gasteiger charge is 2.26. The van der Waals surface area contributed by atoms with Gasteiger partial charge < -0.3 is 5.32 Å². The van der Waals surface area contributed by atoms with E-state index in [4.69, 9.17) is 0 Å². The molecule has 0 amide bonds. The second-order valence-corrected chi connectivity index (χ2v) is 6.58. The molecule has 0 aromatic rings. The van der Waals surface area contributed by atoms with E-state index in [0.29, 0.717) is 17.4 Å². The molecule has 2 aliphatic rings. The van der Waals surface area contributed by atoms with Crippen molar-refractivity contribution in [2.75, 3.05) is 18.1 Å². The number of rotatable bonds is 3. The average molecular weight is 203 g/mol. The average Bonchev–Trinajstić information content (AvgIpc) is 2.86. The van der Waals surface area contributed by atoms with Gasteiger partial charge in [-0.3, -0.25) is 0 Å². The topological polar surface area (TPSA) is 46.2 Å². The summed E-state index contributed by atoms with van der Waals surface area (Å²) >= 11 is 0. The summed E-state index contributed by atoms with van der Waals surface area (Å²) in [5.74, 6) is 1.41. The molecule has 1 saturated carbocycles. The fraction of sp³-hybridized carbons (Fsp3) is 1.00. The molecule has 0 radical (unpaired) electrons. The van der Waals surface area contributed by atoms with E-state index in [2.05, 4.69) is 5.32 Å². The molecule has 13 heavy (non-hydrogen) atoms. The van der Waals surface area contributed by atoms with Crippen LogP contribution in [0.15, 0.2) is 0 Å². The number of nitrogens with one attached hydrogen (secondary N) is 1. The lowest BCUT2D eigenvalue weighted by atomic mass is 10.0. The first kappa shape index (κ1) is 9.46. The van der Waals surface area contributed by atoms with Gasteiger partial charge in [-0.1, -0.05) is 0 Å². The SMILES string of the molecule is O=S1(=O)CCC(CNC2CC2)CC1. The quantitative estimate of drug-likeness (QED) is 0.729. The van der Waals surface area contributed by atoms with Crippen LogP contribution < -0.4 is 5.32 Å². The molecule has 1 N–H and O–H groups in total. The summed E-state index contributed by atoms with van der Waals surface area (Å²) in [4.78, 5) is 0. The molecule has 0 spiro atoms.